The highest BCUT2D eigenvalue weighted by atomic mass is 35.5. The second kappa shape index (κ2) is 8.68. The SMILES string of the molecule is CCOC(=O)C1(O)CN(c2ccc(Cl)cc2)C(CNCc2ccc(F)cc2)=N1. The van der Waals surface area contributed by atoms with E-state index in [0.717, 1.165) is 11.3 Å². The van der Waals surface area contributed by atoms with Gasteiger partial charge < -0.3 is 20.1 Å². The number of hydrogen-bond donors (Lipinski definition) is 2. The Kier molecular flexibility index (Phi) is 6.28. The maximum atomic E-state index is 13.0. The molecule has 8 heteroatoms. The molecule has 1 aliphatic rings. The highest BCUT2D eigenvalue weighted by molar-refractivity contribution is 6.30. The predicted octanol–water partition coefficient (Wildman–Crippen LogP) is 2.74. The van der Waals surface area contributed by atoms with Crippen LogP contribution in [0.1, 0.15) is 12.5 Å². The van der Waals surface area contributed by atoms with Gasteiger partial charge in [-0.15, -0.1) is 0 Å². The van der Waals surface area contributed by atoms with Gasteiger partial charge in [-0.2, -0.15) is 0 Å². The van der Waals surface area contributed by atoms with Gasteiger partial charge in [0.25, 0.3) is 5.72 Å². The summed E-state index contributed by atoms with van der Waals surface area (Å²) in [6.45, 7) is 2.53. The number of nitrogens with one attached hydrogen (secondary N) is 1. The molecule has 0 amide bonds. The number of nitrogens with zero attached hydrogens (tertiary/aromatic N) is 2. The third-order valence-corrected chi connectivity index (χ3v) is 4.52. The van der Waals surface area contributed by atoms with Crippen molar-refractivity contribution in [3.05, 3.63) is 64.9 Å². The summed E-state index contributed by atoms with van der Waals surface area (Å²) >= 11 is 5.95. The van der Waals surface area contributed by atoms with E-state index < -0.39 is 11.7 Å². The zero-order valence-electron chi connectivity index (χ0n) is 15.4. The first-order valence-corrected chi connectivity index (χ1v) is 9.25. The average Bonchev–Trinajstić information content (AvgIpc) is 3.02. The number of aliphatic imine (C=N–C) groups is 1. The number of carbonyl (C=O) groups is 1. The van der Waals surface area contributed by atoms with Gasteiger partial charge in [0.1, 0.15) is 11.7 Å². The van der Waals surface area contributed by atoms with E-state index in [0.29, 0.717) is 23.9 Å². The van der Waals surface area contributed by atoms with Crippen LogP contribution in [0.4, 0.5) is 10.1 Å². The van der Waals surface area contributed by atoms with Gasteiger partial charge in [0.2, 0.25) is 0 Å². The number of halogens is 2. The minimum absolute atomic E-state index is 0.0545. The molecule has 3 rings (SSSR count). The summed E-state index contributed by atoms with van der Waals surface area (Å²) < 4.78 is 18.0. The maximum absolute atomic E-state index is 13.0. The summed E-state index contributed by atoms with van der Waals surface area (Å²) in [6.07, 6.45) is 0. The van der Waals surface area contributed by atoms with Crippen molar-refractivity contribution in [3.8, 4) is 0 Å². The fourth-order valence-electron chi connectivity index (χ4n) is 2.90. The number of amidine groups is 1. The number of ether oxygens (including phenoxy) is 1. The van der Waals surface area contributed by atoms with Crippen LogP contribution in [-0.2, 0) is 16.1 Å². The predicted molar refractivity (Wildman–Crippen MR) is 106 cm³/mol. The molecule has 6 nitrogen and oxygen atoms in total. The van der Waals surface area contributed by atoms with Crippen LogP contribution in [0, 0.1) is 5.82 Å². The molecule has 1 heterocycles. The van der Waals surface area contributed by atoms with Crippen molar-refractivity contribution >= 4 is 29.1 Å². The van der Waals surface area contributed by atoms with Crippen molar-refractivity contribution in [2.45, 2.75) is 19.2 Å². The second-order valence-corrected chi connectivity index (χ2v) is 6.79. The molecule has 0 saturated heterocycles. The van der Waals surface area contributed by atoms with Gasteiger partial charge in [0, 0.05) is 17.3 Å². The number of esters is 1. The normalized spacial score (nSPS) is 18.9. The van der Waals surface area contributed by atoms with Crippen LogP contribution in [0.25, 0.3) is 0 Å². The summed E-state index contributed by atoms with van der Waals surface area (Å²) in [5.74, 6) is -0.597. The Balaban J connectivity index is 1.76. The minimum Gasteiger partial charge on any atom is -0.462 e. The van der Waals surface area contributed by atoms with Gasteiger partial charge >= 0.3 is 5.97 Å². The topological polar surface area (TPSA) is 74.2 Å². The fourth-order valence-corrected chi connectivity index (χ4v) is 3.02. The Bertz CT molecular complexity index is 858. The highest BCUT2D eigenvalue weighted by Crippen LogP contribution is 2.27. The van der Waals surface area contributed by atoms with Gasteiger partial charge in [0.05, 0.1) is 19.7 Å². The first-order valence-electron chi connectivity index (χ1n) is 8.88. The first kappa shape index (κ1) is 20.3. The minimum atomic E-state index is -1.97. The van der Waals surface area contributed by atoms with Crippen LogP contribution in [0.5, 0.6) is 0 Å². The van der Waals surface area contributed by atoms with Crippen molar-refractivity contribution in [1.82, 2.24) is 5.32 Å². The Morgan fingerprint density at radius 3 is 2.57 bits per heavy atom. The fraction of sp³-hybridized carbons (Fsp3) is 0.300. The van der Waals surface area contributed by atoms with Crippen LogP contribution in [0.2, 0.25) is 5.02 Å². The molecule has 148 valence electrons. The summed E-state index contributed by atoms with van der Waals surface area (Å²) in [5, 5.41) is 14.5. The molecule has 0 spiro atoms. The summed E-state index contributed by atoms with van der Waals surface area (Å²) in [4.78, 5) is 18.2. The molecular weight excluding hydrogens is 385 g/mol. The molecule has 1 atom stereocenters. The smallest absolute Gasteiger partial charge is 0.363 e. The Morgan fingerprint density at radius 2 is 1.93 bits per heavy atom. The van der Waals surface area contributed by atoms with Gasteiger partial charge in [-0.3, -0.25) is 0 Å². The van der Waals surface area contributed by atoms with Crippen LogP contribution in [-0.4, -0.2) is 42.3 Å². The zero-order chi connectivity index (χ0) is 20.1. The standard InChI is InChI=1S/C20H21ClFN3O3/c1-2-28-19(26)20(27)13-25(17-9-5-15(21)6-10-17)18(24-20)12-23-11-14-3-7-16(22)8-4-14/h3-10,23,27H,2,11-13H2,1H3. The molecule has 2 aromatic carbocycles. The lowest BCUT2D eigenvalue weighted by atomic mass is 10.2. The second-order valence-electron chi connectivity index (χ2n) is 6.36. The molecule has 0 fully saturated rings. The largest absolute Gasteiger partial charge is 0.462 e. The molecule has 1 unspecified atom stereocenters. The van der Waals surface area contributed by atoms with E-state index in [2.05, 4.69) is 10.3 Å². The van der Waals surface area contributed by atoms with E-state index in [9.17, 15) is 14.3 Å². The van der Waals surface area contributed by atoms with Gasteiger partial charge in [-0.1, -0.05) is 23.7 Å². The van der Waals surface area contributed by atoms with Gasteiger partial charge in [-0.05, 0) is 48.9 Å². The number of aliphatic hydroxyl groups is 1. The molecule has 28 heavy (non-hydrogen) atoms. The third kappa shape index (κ3) is 4.67. The lowest BCUT2D eigenvalue weighted by Crippen LogP contribution is -2.44. The van der Waals surface area contributed by atoms with Gasteiger partial charge in [-0.25, -0.2) is 14.2 Å². The first-order chi connectivity index (χ1) is 13.4. The molecule has 1 aliphatic heterocycles. The van der Waals surface area contributed by atoms with E-state index in [4.69, 9.17) is 16.3 Å². The van der Waals surface area contributed by atoms with Crippen LogP contribution in [0.3, 0.4) is 0 Å². The van der Waals surface area contributed by atoms with Crippen molar-refractivity contribution in [3.63, 3.8) is 0 Å². The molecule has 0 aromatic heterocycles. The summed E-state index contributed by atoms with van der Waals surface area (Å²) in [7, 11) is 0. The third-order valence-electron chi connectivity index (χ3n) is 4.27. The van der Waals surface area contributed by atoms with Crippen molar-refractivity contribution < 1.29 is 19.0 Å². The number of anilines is 1. The molecule has 2 aromatic rings. The van der Waals surface area contributed by atoms with Crippen LogP contribution in [0.15, 0.2) is 53.5 Å². The Labute approximate surface area is 167 Å². The number of rotatable bonds is 7. The van der Waals surface area contributed by atoms with Crippen molar-refractivity contribution in [1.29, 1.82) is 0 Å². The highest BCUT2D eigenvalue weighted by Gasteiger charge is 2.45. The quantitative estimate of drug-likeness (QED) is 0.693. The number of benzene rings is 2. The summed E-state index contributed by atoms with van der Waals surface area (Å²) in [6, 6.07) is 13.2. The Hall–Kier alpha value is -2.48. The molecule has 0 radical (unpaired) electrons. The average molecular weight is 406 g/mol. The lowest BCUT2D eigenvalue weighted by molar-refractivity contribution is -0.162. The molecule has 0 bridgehead atoms. The summed E-state index contributed by atoms with van der Waals surface area (Å²) in [5.41, 5.74) is -0.326. The lowest BCUT2D eigenvalue weighted by Gasteiger charge is -2.23. The van der Waals surface area contributed by atoms with E-state index in [1.54, 1.807) is 48.2 Å². The Morgan fingerprint density at radius 1 is 1.25 bits per heavy atom. The molecule has 0 saturated carbocycles. The number of carbonyl (C=O) groups excluding carboxylic acids is 1. The van der Waals surface area contributed by atoms with Gasteiger partial charge in [0.15, 0.2) is 0 Å². The molecule has 2 N–H and O–H groups in total. The van der Waals surface area contributed by atoms with Crippen LogP contribution < -0.4 is 10.2 Å². The molecule has 0 aliphatic carbocycles. The number of hydrogen-bond acceptors (Lipinski definition) is 6. The van der Waals surface area contributed by atoms with E-state index >= 15 is 0 Å². The maximum Gasteiger partial charge on any atom is 0.363 e. The zero-order valence-corrected chi connectivity index (χ0v) is 16.1. The molecular formula is C20H21ClFN3O3. The van der Waals surface area contributed by atoms with Crippen molar-refractivity contribution in [2.75, 3.05) is 24.6 Å². The van der Waals surface area contributed by atoms with E-state index in [1.807, 2.05) is 0 Å². The van der Waals surface area contributed by atoms with E-state index in [-0.39, 0.29) is 19.0 Å². The van der Waals surface area contributed by atoms with Crippen LogP contribution >= 0.6 is 11.6 Å². The van der Waals surface area contributed by atoms with E-state index in [1.165, 1.54) is 12.1 Å². The van der Waals surface area contributed by atoms with Crippen molar-refractivity contribution in [2.24, 2.45) is 4.99 Å². The monoisotopic (exact) mass is 405 g/mol. The number of β-amino-alcohol motifs (C(OH)–C–C–N with tert-alkyl or cyclic N) is 1.